The lowest BCUT2D eigenvalue weighted by Crippen LogP contribution is -2.32. The Hall–Kier alpha value is -1.61. The maximum atomic E-state index is 13.1. The lowest BCUT2D eigenvalue weighted by Gasteiger charge is -2.24. The average Bonchev–Trinajstić information content (AvgIpc) is 2.34. The van der Waals surface area contributed by atoms with Gasteiger partial charge in [0.1, 0.15) is 21.7 Å². The van der Waals surface area contributed by atoms with Gasteiger partial charge in [0, 0.05) is 11.7 Å². The minimum atomic E-state index is -2.88. The molecule has 96 valence electrons. The number of sulfone groups is 1. The summed E-state index contributed by atoms with van der Waals surface area (Å²) in [6, 6.07) is 6.07. The van der Waals surface area contributed by atoms with Crippen LogP contribution in [0.1, 0.15) is 18.4 Å². The molecule has 0 radical (unpaired) electrons. The van der Waals surface area contributed by atoms with Crippen molar-refractivity contribution in [2.24, 2.45) is 0 Å². The molecule has 4 nitrogen and oxygen atoms in total. The first-order chi connectivity index (χ1) is 8.50. The van der Waals surface area contributed by atoms with Gasteiger partial charge >= 0.3 is 0 Å². The van der Waals surface area contributed by atoms with E-state index in [1.807, 2.05) is 0 Å². The summed E-state index contributed by atoms with van der Waals surface area (Å²) in [6.07, 6.45) is 1.09. The van der Waals surface area contributed by atoms with Crippen LogP contribution in [0.25, 0.3) is 0 Å². The van der Waals surface area contributed by atoms with E-state index in [0.29, 0.717) is 18.5 Å². The van der Waals surface area contributed by atoms with Crippen LogP contribution in [-0.4, -0.2) is 26.0 Å². The number of benzene rings is 1. The Morgan fingerprint density at radius 3 is 2.61 bits per heavy atom. The summed E-state index contributed by atoms with van der Waals surface area (Å²) in [6.45, 7) is 0. The number of nitrogens with zero attached hydrogens (tertiary/aromatic N) is 1. The van der Waals surface area contributed by atoms with Crippen LogP contribution in [0.5, 0.6) is 0 Å². The molecule has 0 bridgehead atoms. The van der Waals surface area contributed by atoms with E-state index in [4.69, 9.17) is 5.26 Å². The van der Waals surface area contributed by atoms with Crippen molar-refractivity contribution in [3.63, 3.8) is 0 Å². The molecule has 1 aromatic carbocycles. The van der Waals surface area contributed by atoms with Gasteiger partial charge in [-0.25, -0.2) is 12.8 Å². The minimum absolute atomic E-state index is 0.0107. The fraction of sp³-hybridized carbons (Fsp3) is 0.417. The molecular weight excluding hydrogens is 255 g/mol. The van der Waals surface area contributed by atoms with E-state index in [1.54, 1.807) is 12.1 Å². The molecule has 0 aromatic heterocycles. The van der Waals surface area contributed by atoms with Crippen LogP contribution in [0, 0.1) is 17.1 Å². The van der Waals surface area contributed by atoms with Crippen molar-refractivity contribution in [2.45, 2.75) is 18.9 Å². The van der Waals surface area contributed by atoms with Gasteiger partial charge in [-0.1, -0.05) is 0 Å². The number of hydrogen-bond acceptors (Lipinski definition) is 4. The second-order valence-electron chi connectivity index (χ2n) is 4.38. The molecule has 1 aromatic rings. The van der Waals surface area contributed by atoms with Gasteiger partial charge in [-0.15, -0.1) is 0 Å². The SMILES string of the molecule is N#Cc1cc(NC2CCS(=O)(=O)CC2)ccc1F. The van der Waals surface area contributed by atoms with Crippen LogP contribution >= 0.6 is 0 Å². The van der Waals surface area contributed by atoms with E-state index in [1.165, 1.54) is 12.1 Å². The molecule has 1 saturated heterocycles. The zero-order chi connectivity index (χ0) is 13.2. The normalized spacial score (nSPS) is 19.1. The Bertz CT molecular complexity index is 579. The van der Waals surface area contributed by atoms with E-state index < -0.39 is 15.7 Å². The van der Waals surface area contributed by atoms with E-state index in [0.717, 1.165) is 0 Å². The molecule has 1 heterocycles. The molecule has 6 heteroatoms. The topological polar surface area (TPSA) is 70.0 Å². The summed E-state index contributed by atoms with van der Waals surface area (Å²) >= 11 is 0. The molecule has 1 N–H and O–H groups in total. The summed E-state index contributed by atoms with van der Waals surface area (Å²) in [7, 11) is -2.88. The molecule has 0 atom stereocenters. The van der Waals surface area contributed by atoms with E-state index in [2.05, 4.69) is 5.32 Å². The van der Waals surface area contributed by atoms with Crippen molar-refractivity contribution in [3.8, 4) is 6.07 Å². The molecule has 0 unspecified atom stereocenters. The zero-order valence-electron chi connectivity index (χ0n) is 9.69. The summed E-state index contributed by atoms with van der Waals surface area (Å²) in [5.41, 5.74) is 0.640. The van der Waals surface area contributed by atoms with E-state index in [-0.39, 0.29) is 23.1 Å². The van der Waals surface area contributed by atoms with Crippen LogP contribution in [0.15, 0.2) is 18.2 Å². The van der Waals surface area contributed by atoms with Crippen molar-refractivity contribution in [1.82, 2.24) is 0 Å². The molecule has 1 aliphatic rings. The zero-order valence-corrected chi connectivity index (χ0v) is 10.5. The standard InChI is InChI=1S/C12H13FN2O2S/c13-12-2-1-11(7-9(12)8-14)15-10-3-5-18(16,17)6-4-10/h1-2,7,10,15H,3-6H2. The highest BCUT2D eigenvalue weighted by Gasteiger charge is 2.23. The number of hydrogen-bond donors (Lipinski definition) is 1. The Morgan fingerprint density at radius 2 is 2.00 bits per heavy atom. The van der Waals surface area contributed by atoms with Crippen molar-refractivity contribution in [3.05, 3.63) is 29.6 Å². The van der Waals surface area contributed by atoms with Gasteiger partial charge in [-0.2, -0.15) is 5.26 Å². The van der Waals surface area contributed by atoms with Crippen LogP contribution in [0.4, 0.5) is 10.1 Å². The lowest BCUT2D eigenvalue weighted by atomic mass is 10.1. The molecule has 0 amide bonds. The first-order valence-electron chi connectivity index (χ1n) is 5.67. The van der Waals surface area contributed by atoms with E-state index >= 15 is 0 Å². The van der Waals surface area contributed by atoms with Gasteiger partial charge in [-0.05, 0) is 31.0 Å². The van der Waals surface area contributed by atoms with Gasteiger partial charge in [0.25, 0.3) is 0 Å². The van der Waals surface area contributed by atoms with Crippen molar-refractivity contribution >= 4 is 15.5 Å². The molecule has 0 aliphatic carbocycles. The van der Waals surface area contributed by atoms with Crippen LogP contribution in [0.2, 0.25) is 0 Å². The Balaban J connectivity index is 2.05. The maximum absolute atomic E-state index is 13.1. The van der Waals surface area contributed by atoms with Crippen LogP contribution < -0.4 is 5.32 Å². The number of nitrogens with one attached hydrogen (secondary N) is 1. The Morgan fingerprint density at radius 1 is 1.33 bits per heavy atom. The number of halogens is 1. The molecule has 1 aliphatic heterocycles. The Labute approximate surface area is 105 Å². The first-order valence-corrected chi connectivity index (χ1v) is 7.49. The second-order valence-corrected chi connectivity index (χ2v) is 6.68. The summed E-state index contributed by atoms with van der Waals surface area (Å²) in [4.78, 5) is 0. The van der Waals surface area contributed by atoms with Crippen LogP contribution in [0.3, 0.4) is 0 Å². The number of nitriles is 1. The lowest BCUT2D eigenvalue weighted by molar-refractivity contribution is 0.559. The largest absolute Gasteiger partial charge is 0.382 e. The number of anilines is 1. The summed E-state index contributed by atoms with van der Waals surface area (Å²) in [5, 5.41) is 11.9. The summed E-state index contributed by atoms with van der Waals surface area (Å²) < 4.78 is 35.7. The first kappa shape index (κ1) is 12.8. The molecule has 0 saturated carbocycles. The third kappa shape index (κ3) is 2.99. The van der Waals surface area contributed by atoms with Gasteiger partial charge in [0.2, 0.25) is 0 Å². The highest BCUT2D eigenvalue weighted by Crippen LogP contribution is 2.19. The van der Waals surface area contributed by atoms with E-state index in [9.17, 15) is 12.8 Å². The minimum Gasteiger partial charge on any atom is -0.382 e. The van der Waals surface area contributed by atoms with Crippen molar-refractivity contribution < 1.29 is 12.8 Å². The van der Waals surface area contributed by atoms with Crippen molar-refractivity contribution in [2.75, 3.05) is 16.8 Å². The predicted molar refractivity (Wildman–Crippen MR) is 66.4 cm³/mol. The van der Waals surface area contributed by atoms with Gasteiger partial charge in [0.15, 0.2) is 0 Å². The Kier molecular flexibility index (Phi) is 3.53. The number of rotatable bonds is 2. The second kappa shape index (κ2) is 4.94. The third-order valence-corrected chi connectivity index (χ3v) is 4.73. The monoisotopic (exact) mass is 268 g/mol. The predicted octanol–water partition coefficient (Wildman–Crippen LogP) is 1.69. The summed E-state index contributed by atoms with van der Waals surface area (Å²) in [5.74, 6) is -0.192. The molecule has 0 spiro atoms. The fourth-order valence-electron chi connectivity index (χ4n) is 1.97. The average molecular weight is 268 g/mol. The van der Waals surface area contributed by atoms with Crippen molar-refractivity contribution in [1.29, 1.82) is 5.26 Å². The molecule has 1 fully saturated rings. The molecule has 18 heavy (non-hydrogen) atoms. The van der Waals surface area contributed by atoms with Gasteiger partial charge in [-0.3, -0.25) is 0 Å². The molecule has 2 rings (SSSR count). The maximum Gasteiger partial charge on any atom is 0.150 e. The quantitative estimate of drug-likeness (QED) is 0.886. The van der Waals surface area contributed by atoms with Crippen LogP contribution in [-0.2, 0) is 9.84 Å². The highest BCUT2D eigenvalue weighted by molar-refractivity contribution is 7.91. The van der Waals surface area contributed by atoms with Gasteiger partial charge in [0.05, 0.1) is 17.1 Å². The van der Waals surface area contributed by atoms with Gasteiger partial charge < -0.3 is 5.32 Å². The fourth-order valence-corrected chi connectivity index (χ4v) is 3.46. The third-order valence-electron chi connectivity index (χ3n) is 3.01. The smallest absolute Gasteiger partial charge is 0.150 e. The molecular formula is C12H13FN2O2S. The highest BCUT2D eigenvalue weighted by atomic mass is 32.2.